The molecule has 27 heavy (non-hydrogen) atoms. The Hall–Kier alpha value is -3.00. The third kappa shape index (κ3) is 4.06. The fourth-order valence-electron chi connectivity index (χ4n) is 2.53. The number of nitrogens with zero attached hydrogens (tertiary/aromatic N) is 2. The van der Waals surface area contributed by atoms with Crippen molar-refractivity contribution in [1.82, 2.24) is 5.16 Å². The van der Waals surface area contributed by atoms with Gasteiger partial charge in [0, 0.05) is 11.3 Å². The molecule has 0 aliphatic rings. The first-order valence-corrected chi connectivity index (χ1v) is 7.99. The lowest BCUT2D eigenvalue weighted by Crippen LogP contribution is -2.18. The lowest BCUT2D eigenvalue weighted by molar-refractivity contribution is -0.274. The highest BCUT2D eigenvalue weighted by molar-refractivity contribution is 6.33. The number of hydrogen-bond acceptors (Lipinski definition) is 4. The van der Waals surface area contributed by atoms with E-state index in [9.17, 15) is 18.0 Å². The van der Waals surface area contributed by atoms with Crippen LogP contribution >= 0.6 is 11.6 Å². The molecule has 3 aromatic rings. The highest BCUT2D eigenvalue weighted by Gasteiger charge is 2.31. The van der Waals surface area contributed by atoms with Crippen LogP contribution in [0.1, 0.15) is 5.76 Å². The maximum atomic E-state index is 12.3. The zero-order valence-corrected chi connectivity index (χ0v) is 14.6. The monoisotopic (exact) mass is 396 g/mol. The van der Waals surface area contributed by atoms with Gasteiger partial charge in [0.05, 0.1) is 5.02 Å². The Balaban J connectivity index is 2.01. The quantitative estimate of drug-likeness (QED) is 0.534. The van der Waals surface area contributed by atoms with Gasteiger partial charge in [-0.25, -0.2) is 0 Å². The van der Waals surface area contributed by atoms with Gasteiger partial charge in [0.25, 0.3) is 0 Å². The summed E-state index contributed by atoms with van der Waals surface area (Å²) < 4.78 is 46.0. The van der Waals surface area contributed by atoms with Gasteiger partial charge in [0.1, 0.15) is 17.1 Å². The van der Waals surface area contributed by atoms with E-state index in [4.69, 9.17) is 16.1 Å². The fourth-order valence-corrected chi connectivity index (χ4v) is 2.76. The zero-order chi connectivity index (χ0) is 19.6. The average Bonchev–Trinajstić information content (AvgIpc) is 2.98. The summed E-state index contributed by atoms with van der Waals surface area (Å²) in [5, 5.41) is 4.38. The van der Waals surface area contributed by atoms with E-state index in [2.05, 4.69) is 9.89 Å². The van der Waals surface area contributed by atoms with Crippen molar-refractivity contribution in [3.8, 4) is 17.0 Å². The number of carbonyl (C=O) groups excluding carboxylic acids is 1. The molecule has 0 aliphatic heterocycles. The van der Waals surface area contributed by atoms with E-state index in [0.29, 0.717) is 39.8 Å². The van der Waals surface area contributed by atoms with Gasteiger partial charge in [-0.2, -0.15) is 0 Å². The van der Waals surface area contributed by atoms with Gasteiger partial charge in [-0.05, 0) is 37.3 Å². The second kappa shape index (κ2) is 7.32. The van der Waals surface area contributed by atoms with Crippen LogP contribution in [0.2, 0.25) is 5.02 Å². The molecule has 3 rings (SSSR count). The average molecular weight is 397 g/mol. The number of alkyl halides is 3. The highest BCUT2D eigenvalue weighted by Crippen LogP contribution is 2.39. The molecular weight excluding hydrogens is 385 g/mol. The maximum absolute atomic E-state index is 12.3. The predicted molar refractivity (Wildman–Crippen MR) is 93.0 cm³/mol. The van der Waals surface area contributed by atoms with Crippen LogP contribution in [0.3, 0.4) is 0 Å². The van der Waals surface area contributed by atoms with Gasteiger partial charge in [-0.3, -0.25) is 9.69 Å². The number of halogens is 4. The Morgan fingerprint density at radius 1 is 1.15 bits per heavy atom. The van der Waals surface area contributed by atoms with Crippen LogP contribution in [0.25, 0.3) is 11.3 Å². The SMILES string of the molecule is Cc1onc(-c2ccccc2Cl)c1N(C=O)c1ccc(OC(F)(F)F)cc1. The van der Waals surface area contributed by atoms with E-state index >= 15 is 0 Å². The van der Waals surface area contributed by atoms with Gasteiger partial charge in [0.2, 0.25) is 6.41 Å². The third-order valence-electron chi connectivity index (χ3n) is 3.66. The highest BCUT2D eigenvalue weighted by atomic mass is 35.5. The molecule has 0 saturated carbocycles. The van der Waals surface area contributed by atoms with Crippen molar-refractivity contribution >= 4 is 29.4 Å². The minimum absolute atomic E-state index is 0.305. The summed E-state index contributed by atoms with van der Waals surface area (Å²) in [6, 6.07) is 11.7. The van der Waals surface area contributed by atoms with Gasteiger partial charge < -0.3 is 9.26 Å². The second-order valence-corrected chi connectivity index (χ2v) is 5.84. The molecule has 1 amide bonds. The number of rotatable bonds is 5. The first-order valence-electron chi connectivity index (χ1n) is 7.61. The number of aryl methyl sites for hydroxylation is 1. The summed E-state index contributed by atoms with van der Waals surface area (Å²) in [5.41, 5.74) is 1.53. The van der Waals surface area contributed by atoms with E-state index in [1.165, 1.54) is 17.0 Å². The van der Waals surface area contributed by atoms with Crippen molar-refractivity contribution in [2.24, 2.45) is 0 Å². The molecule has 0 unspecified atom stereocenters. The van der Waals surface area contributed by atoms with E-state index in [1.807, 2.05) is 0 Å². The summed E-state index contributed by atoms with van der Waals surface area (Å²) in [4.78, 5) is 13.0. The number of benzene rings is 2. The van der Waals surface area contributed by atoms with Gasteiger partial charge in [0.15, 0.2) is 5.76 Å². The third-order valence-corrected chi connectivity index (χ3v) is 3.98. The first-order chi connectivity index (χ1) is 12.8. The molecular formula is C18H12ClF3N2O3. The van der Waals surface area contributed by atoms with Crippen molar-refractivity contribution in [1.29, 1.82) is 0 Å². The molecule has 5 nitrogen and oxygen atoms in total. The van der Waals surface area contributed by atoms with Gasteiger partial charge >= 0.3 is 6.36 Å². The second-order valence-electron chi connectivity index (χ2n) is 5.43. The minimum atomic E-state index is -4.80. The number of hydrogen-bond donors (Lipinski definition) is 0. The van der Waals surface area contributed by atoms with Crippen molar-refractivity contribution in [2.45, 2.75) is 13.3 Å². The van der Waals surface area contributed by atoms with Crippen molar-refractivity contribution < 1.29 is 27.2 Å². The topological polar surface area (TPSA) is 55.6 Å². The molecule has 0 atom stereocenters. The number of aromatic nitrogens is 1. The molecule has 9 heteroatoms. The zero-order valence-electron chi connectivity index (χ0n) is 13.8. The molecule has 140 valence electrons. The molecule has 0 N–H and O–H groups in total. The lowest BCUT2D eigenvalue weighted by Gasteiger charge is -2.18. The summed E-state index contributed by atoms with van der Waals surface area (Å²) in [6.45, 7) is 1.61. The standard InChI is InChI=1S/C18H12ClF3N2O3/c1-11-17(16(23-27-11)14-4-2-3-5-15(14)19)24(10-25)12-6-8-13(9-7-12)26-18(20,21)22/h2-10H,1H3. The van der Waals surface area contributed by atoms with Gasteiger partial charge in [-0.1, -0.05) is 35.0 Å². The van der Waals surface area contributed by atoms with Crippen LogP contribution in [0, 0.1) is 6.92 Å². The van der Waals surface area contributed by atoms with Crippen molar-refractivity contribution in [3.63, 3.8) is 0 Å². The number of carbonyl (C=O) groups is 1. The van der Waals surface area contributed by atoms with Crippen LogP contribution in [-0.4, -0.2) is 17.9 Å². The predicted octanol–water partition coefficient (Wildman–Crippen LogP) is 5.50. The molecule has 0 radical (unpaired) electrons. The number of anilines is 2. The molecule has 0 fully saturated rings. The summed E-state index contributed by atoms with van der Waals surface area (Å²) in [7, 11) is 0. The molecule has 0 aliphatic carbocycles. The first kappa shape index (κ1) is 18.8. The smallest absolute Gasteiger partial charge is 0.406 e. The minimum Gasteiger partial charge on any atom is -0.406 e. The van der Waals surface area contributed by atoms with Crippen LogP contribution in [0.15, 0.2) is 53.1 Å². The van der Waals surface area contributed by atoms with Crippen LogP contribution in [-0.2, 0) is 4.79 Å². The Morgan fingerprint density at radius 2 is 1.81 bits per heavy atom. The number of ether oxygens (including phenoxy) is 1. The maximum Gasteiger partial charge on any atom is 0.573 e. The largest absolute Gasteiger partial charge is 0.573 e. The Bertz CT molecular complexity index is 955. The van der Waals surface area contributed by atoms with Crippen LogP contribution < -0.4 is 9.64 Å². The van der Waals surface area contributed by atoms with Crippen LogP contribution in [0.5, 0.6) is 5.75 Å². The van der Waals surface area contributed by atoms with E-state index < -0.39 is 12.1 Å². The normalized spacial score (nSPS) is 11.3. The van der Waals surface area contributed by atoms with Crippen molar-refractivity contribution in [3.05, 3.63) is 59.3 Å². The summed E-state index contributed by atoms with van der Waals surface area (Å²) in [6.07, 6.45) is -4.28. The van der Waals surface area contributed by atoms with E-state index in [0.717, 1.165) is 12.1 Å². The number of amides is 1. The van der Waals surface area contributed by atoms with Gasteiger partial charge in [-0.15, -0.1) is 13.2 Å². The molecule has 0 spiro atoms. The molecule has 2 aromatic carbocycles. The summed E-state index contributed by atoms with van der Waals surface area (Å²) in [5.74, 6) is -0.0573. The Kier molecular flexibility index (Phi) is 5.09. The molecule has 1 heterocycles. The lowest BCUT2D eigenvalue weighted by atomic mass is 10.1. The van der Waals surface area contributed by atoms with E-state index in [1.54, 1.807) is 31.2 Å². The van der Waals surface area contributed by atoms with Crippen LogP contribution in [0.4, 0.5) is 24.5 Å². The van der Waals surface area contributed by atoms with E-state index in [-0.39, 0.29) is 0 Å². The summed E-state index contributed by atoms with van der Waals surface area (Å²) >= 11 is 6.20. The Morgan fingerprint density at radius 3 is 2.41 bits per heavy atom. The molecule has 0 bridgehead atoms. The molecule has 0 saturated heterocycles. The fraction of sp³-hybridized carbons (Fsp3) is 0.111. The Labute approximate surface area is 156 Å². The van der Waals surface area contributed by atoms with Crippen molar-refractivity contribution in [2.75, 3.05) is 4.90 Å². The molecule has 1 aromatic heterocycles.